The van der Waals surface area contributed by atoms with Crippen LogP contribution in [0, 0.1) is 0 Å². The third kappa shape index (κ3) is 3.64. The molecule has 2 rings (SSSR count). The highest BCUT2D eigenvalue weighted by Gasteiger charge is 1.99. The minimum Gasteiger partial charge on any atom is -0.387 e. The number of thioether (sulfide) groups is 1. The Morgan fingerprint density at radius 3 is 2.61 bits per heavy atom. The maximum Gasteiger partial charge on any atom is 0.104 e. The van der Waals surface area contributed by atoms with Crippen LogP contribution in [0.1, 0.15) is 5.56 Å². The van der Waals surface area contributed by atoms with Crippen LogP contribution in [0.4, 0.5) is 5.69 Å². The summed E-state index contributed by atoms with van der Waals surface area (Å²) in [4.78, 5) is 5.65. The summed E-state index contributed by atoms with van der Waals surface area (Å²) in [6.07, 6.45) is 2.75. The average Bonchev–Trinajstić information content (AvgIpc) is 2.40. The van der Waals surface area contributed by atoms with E-state index in [1.54, 1.807) is 11.8 Å². The van der Waals surface area contributed by atoms with Crippen molar-refractivity contribution in [2.75, 3.05) is 6.26 Å². The van der Waals surface area contributed by atoms with Crippen LogP contribution in [-0.4, -0.2) is 12.1 Å². The molecule has 3 heteroatoms. The van der Waals surface area contributed by atoms with Gasteiger partial charge in [-0.1, -0.05) is 30.3 Å². The normalized spacial score (nSPS) is 11.5. The van der Waals surface area contributed by atoms with E-state index in [1.165, 1.54) is 10.5 Å². The molecule has 0 aliphatic rings. The Morgan fingerprint density at radius 1 is 1.11 bits per heavy atom. The standard InChI is InChI=1S/C15H16N2S/c1-18-14-9-5-6-12(10-14)11-15(16)17-13-7-3-2-4-8-13/h2-10H,11H2,1H3,(H2,16,17). The molecule has 0 fully saturated rings. The molecule has 2 N–H and O–H groups in total. The second-order valence-electron chi connectivity index (χ2n) is 3.97. The largest absolute Gasteiger partial charge is 0.387 e. The average molecular weight is 256 g/mol. The fraction of sp³-hybridized carbons (Fsp3) is 0.133. The summed E-state index contributed by atoms with van der Waals surface area (Å²) in [5, 5.41) is 0. The lowest BCUT2D eigenvalue weighted by Gasteiger charge is -2.03. The number of hydrogen-bond acceptors (Lipinski definition) is 2. The zero-order valence-electron chi connectivity index (χ0n) is 10.3. The van der Waals surface area contributed by atoms with Crippen LogP contribution in [0.2, 0.25) is 0 Å². The van der Waals surface area contributed by atoms with Crippen molar-refractivity contribution in [1.29, 1.82) is 0 Å². The van der Waals surface area contributed by atoms with Gasteiger partial charge in [-0.2, -0.15) is 0 Å². The Bertz CT molecular complexity index is 535. The van der Waals surface area contributed by atoms with Gasteiger partial charge < -0.3 is 5.73 Å². The quantitative estimate of drug-likeness (QED) is 0.515. The van der Waals surface area contributed by atoms with Crippen molar-refractivity contribution < 1.29 is 0 Å². The molecule has 0 saturated heterocycles. The summed E-state index contributed by atoms with van der Waals surface area (Å²) >= 11 is 1.73. The monoisotopic (exact) mass is 256 g/mol. The summed E-state index contributed by atoms with van der Waals surface area (Å²) in [5.41, 5.74) is 8.07. The van der Waals surface area contributed by atoms with Gasteiger partial charge in [0.25, 0.3) is 0 Å². The van der Waals surface area contributed by atoms with Crippen molar-refractivity contribution in [3.63, 3.8) is 0 Å². The van der Waals surface area contributed by atoms with E-state index < -0.39 is 0 Å². The highest BCUT2D eigenvalue weighted by atomic mass is 32.2. The molecule has 2 aromatic carbocycles. The van der Waals surface area contributed by atoms with Gasteiger partial charge in [-0.25, -0.2) is 4.99 Å². The van der Waals surface area contributed by atoms with Crippen LogP contribution in [0.25, 0.3) is 0 Å². The second-order valence-corrected chi connectivity index (χ2v) is 4.85. The molecule has 0 unspecified atom stereocenters. The third-order valence-corrected chi connectivity index (χ3v) is 3.27. The Balaban J connectivity index is 2.11. The van der Waals surface area contributed by atoms with Gasteiger partial charge in [0.05, 0.1) is 5.69 Å². The van der Waals surface area contributed by atoms with Gasteiger partial charge in [-0.3, -0.25) is 0 Å². The second kappa shape index (κ2) is 6.26. The molecule has 0 spiro atoms. The van der Waals surface area contributed by atoms with E-state index in [1.807, 2.05) is 30.3 Å². The van der Waals surface area contributed by atoms with Gasteiger partial charge in [0.1, 0.15) is 5.84 Å². The Morgan fingerprint density at radius 2 is 1.89 bits per heavy atom. The Kier molecular flexibility index (Phi) is 4.42. The third-order valence-electron chi connectivity index (χ3n) is 2.55. The number of nitrogens with two attached hydrogens (primary N) is 1. The smallest absolute Gasteiger partial charge is 0.104 e. The van der Waals surface area contributed by atoms with Crippen LogP contribution < -0.4 is 5.73 Å². The highest BCUT2D eigenvalue weighted by Crippen LogP contribution is 2.16. The molecule has 2 nitrogen and oxygen atoms in total. The Hall–Kier alpha value is -1.74. The van der Waals surface area contributed by atoms with E-state index >= 15 is 0 Å². The molecule has 0 aliphatic heterocycles. The molecule has 0 amide bonds. The molecule has 0 bridgehead atoms. The number of rotatable bonds is 4. The zero-order chi connectivity index (χ0) is 12.8. The minimum atomic E-state index is 0.638. The van der Waals surface area contributed by atoms with E-state index in [4.69, 9.17) is 5.73 Å². The molecular weight excluding hydrogens is 240 g/mol. The number of nitrogens with zero attached hydrogens (tertiary/aromatic N) is 1. The van der Waals surface area contributed by atoms with Crippen molar-refractivity contribution in [3.05, 3.63) is 60.2 Å². The topological polar surface area (TPSA) is 38.4 Å². The van der Waals surface area contributed by atoms with Crippen molar-refractivity contribution >= 4 is 23.3 Å². The van der Waals surface area contributed by atoms with Crippen molar-refractivity contribution in [1.82, 2.24) is 0 Å². The summed E-state index contributed by atoms with van der Waals surface area (Å²) in [7, 11) is 0. The predicted molar refractivity (Wildman–Crippen MR) is 79.7 cm³/mol. The van der Waals surface area contributed by atoms with Gasteiger partial charge in [0, 0.05) is 11.3 Å². The van der Waals surface area contributed by atoms with Crippen molar-refractivity contribution in [2.24, 2.45) is 10.7 Å². The van der Waals surface area contributed by atoms with E-state index in [-0.39, 0.29) is 0 Å². The van der Waals surface area contributed by atoms with Crippen molar-refractivity contribution in [2.45, 2.75) is 11.3 Å². The maximum atomic E-state index is 5.97. The molecular formula is C15H16N2S. The lowest BCUT2D eigenvalue weighted by molar-refractivity contribution is 1.24. The number of benzene rings is 2. The van der Waals surface area contributed by atoms with Gasteiger partial charge in [0.2, 0.25) is 0 Å². The number of aliphatic imine (C=N–C) groups is 1. The van der Waals surface area contributed by atoms with Gasteiger partial charge in [-0.05, 0) is 36.1 Å². The number of hydrogen-bond donors (Lipinski definition) is 1. The first-order valence-corrected chi connectivity index (χ1v) is 7.01. The van der Waals surface area contributed by atoms with E-state index in [9.17, 15) is 0 Å². The molecule has 0 atom stereocenters. The number of amidine groups is 1. The summed E-state index contributed by atoms with van der Waals surface area (Å²) in [5.74, 6) is 0.638. The molecule has 0 heterocycles. The zero-order valence-corrected chi connectivity index (χ0v) is 11.2. The summed E-state index contributed by atoms with van der Waals surface area (Å²) < 4.78 is 0. The van der Waals surface area contributed by atoms with Crippen LogP contribution in [0.15, 0.2) is 64.5 Å². The van der Waals surface area contributed by atoms with Crippen LogP contribution in [0.5, 0.6) is 0 Å². The minimum absolute atomic E-state index is 0.638. The van der Waals surface area contributed by atoms with E-state index in [0.29, 0.717) is 12.3 Å². The summed E-state index contributed by atoms with van der Waals surface area (Å²) in [6, 6.07) is 18.2. The molecule has 92 valence electrons. The first-order chi connectivity index (χ1) is 8.78. The van der Waals surface area contributed by atoms with E-state index in [0.717, 1.165) is 5.69 Å². The highest BCUT2D eigenvalue weighted by molar-refractivity contribution is 7.98. The van der Waals surface area contributed by atoms with Gasteiger partial charge in [-0.15, -0.1) is 11.8 Å². The van der Waals surface area contributed by atoms with Gasteiger partial charge >= 0.3 is 0 Å². The maximum absolute atomic E-state index is 5.97. The molecule has 0 aliphatic carbocycles. The number of para-hydroxylation sites is 1. The van der Waals surface area contributed by atoms with Gasteiger partial charge in [0.15, 0.2) is 0 Å². The van der Waals surface area contributed by atoms with Crippen molar-refractivity contribution in [3.8, 4) is 0 Å². The first kappa shape index (κ1) is 12.7. The van der Waals surface area contributed by atoms with E-state index in [2.05, 4.69) is 35.5 Å². The Labute approximate surface area is 112 Å². The molecule has 0 saturated carbocycles. The predicted octanol–water partition coefficient (Wildman–Crippen LogP) is 3.64. The fourth-order valence-electron chi connectivity index (χ4n) is 1.70. The fourth-order valence-corrected chi connectivity index (χ4v) is 2.18. The molecule has 0 aromatic heterocycles. The van der Waals surface area contributed by atoms with Crippen LogP contribution in [-0.2, 0) is 6.42 Å². The lowest BCUT2D eigenvalue weighted by atomic mass is 10.1. The molecule has 18 heavy (non-hydrogen) atoms. The SMILES string of the molecule is CSc1cccc(CC(N)=Nc2ccccc2)c1. The molecule has 2 aromatic rings. The van der Waals surface area contributed by atoms with Crippen LogP contribution in [0.3, 0.4) is 0 Å². The first-order valence-electron chi connectivity index (χ1n) is 5.79. The lowest BCUT2D eigenvalue weighted by Crippen LogP contribution is -2.14. The summed E-state index contributed by atoms with van der Waals surface area (Å²) in [6.45, 7) is 0. The molecule has 0 radical (unpaired) electrons. The van der Waals surface area contributed by atoms with Crippen LogP contribution >= 0.6 is 11.8 Å².